The molecule has 122 valence electrons. The van der Waals surface area contributed by atoms with Gasteiger partial charge in [-0.2, -0.15) is 15.4 Å². The summed E-state index contributed by atoms with van der Waals surface area (Å²) in [5, 5.41) is 13.3. The van der Waals surface area contributed by atoms with Gasteiger partial charge in [0.05, 0.1) is 31.0 Å². The highest BCUT2D eigenvalue weighted by atomic mass is 16.5. The number of amides is 2. The Balaban J connectivity index is 1.71. The van der Waals surface area contributed by atoms with E-state index in [1.165, 1.54) is 7.11 Å². The van der Waals surface area contributed by atoms with Gasteiger partial charge in [0, 0.05) is 26.4 Å². The van der Waals surface area contributed by atoms with Crippen LogP contribution in [-0.2, 0) is 4.74 Å². The molecule has 0 radical (unpaired) electrons. The van der Waals surface area contributed by atoms with Gasteiger partial charge in [-0.05, 0) is 12.1 Å². The fourth-order valence-corrected chi connectivity index (χ4v) is 2.68. The number of carbonyl (C=O) groups is 1. The Kier molecular flexibility index (Phi) is 4.38. The maximum Gasteiger partial charge on any atom is 0.323 e. The summed E-state index contributed by atoms with van der Waals surface area (Å²) in [5.41, 5.74) is 0.780. The van der Waals surface area contributed by atoms with Gasteiger partial charge in [0.25, 0.3) is 0 Å². The molecule has 1 aliphatic rings. The van der Waals surface area contributed by atoms with E-state index >= 15 is 0 Å². The van der Waals surface area contributed by atoms with Crippen molar-refractivity contribution >= 4 is 11.8 Å². The van der Waals surface area contributed by atoms with Crippen molar-refractivity contribution in [3.05, 3.63) is 30.2 Å². The first-order valence-corrected chi connectivity index (χ1v) is 7.16. The molecule has 1 fully saturated rings. The molecule has 23 heavy (non-hydrogen) atoms. The molecule has 9 nitrogen and oxygen atoms in total. The van der Waals surface area contributed by atoms with Crippen molar-refractivity contribution in [1.29, 1.82) is 0 Å². The van der Waals surface area contributed by atoms with Crippen molar-refractivity contribution in [3.8, 4) is 5.75 Å². The highest BCUT2D eigenvalue weighted by Gasteiger charge is 2.38. The van der Waals surface area contributed by atoms with E-state index in [9.17, 15) is 4.79 Å². The highest BCUT2D eigenvalue weighted by molar-refractivity contribution is 5.90. The van der Waals surface area contributed by atoms with Gasteiger partial charge in [-0.15, -0.1) is 0 Å². The molecule has 1 aliphatic heterocycles. The zero-order valence-electron chi connectivity index (χ0n) is 12.9. The van der Waals surface area contributed by atoms with E-state index in [1.807, 2.05) is 0 Å². The lowest BCUT2D eigenvalue weighted by molar-refractivity contribution is 0.0987. The predicted octanol–water partition coefficient (Wildman–Crippen LogP) is 0.855. The minimum atomic E-state index is -0.255. The van der Waals surface area contributed by atoms with Crippen molar-refractivity contribution in [2.75, 3.05) is 32.6 Å². The average molecular weight is 318 g/mol. The number of H-pyrrole nitrogens is 1. The lowest BCUT2D eigenvalue weighted by Gasteiger charge is -2.17. The molecule has 0 saturated carbocycles. The van der Waals surface area contributed by atoms with Gasteiger partial charge in [0.2, 0.25) is 0 Å². The summed E-state index contributed by atoms with van der Waals surface area (Å²) in [5.74, 6) is 0.880. The fourth-order valence-electron chi connectivity index (χ4n) is 2.68. The van der Waals surface area contributed by atoms with Gasteiger partial charge in [-0.3, -0.25) is 5.32 Å². The molecule has 3 rings (SSSR count). The number of hydrogen-bond donors (Lipinski definition) is 2. The van der Waals surface area contributed by atoms with E-state index in [0.717, 1.165) is 5.69 Å². The Morgan fingerprint density at radius 3 is 3.00 bits per heavy atom. The summed E-state index contributed by atoms with van der Waals surface area (Å²) in [4.78, 5) is 18.3. The molecule has 2 aromatic heterocycles. The van der Waals surface area contributed by atoms with Gasteiger partial charge >= 0.3 is 6.03 Å². The van der Waals surface area contributed by atoms with E-state index in [1.54, 1.807) is 36.5 Å². The number of anilines is 1. The molecule has 0 bridgehead atoms. The van der Waals surface area contributed by atoms with Crippen molar-refractivity contribution in [2.45, 2.75) is 12.0 Å². The minimum absolute atomic E-state index is 0.0184. The highest BCUT2D eigenvalue weighted by Crippen LogP contribution is 2.29. The Morgan fingerprint density at radius 1 is 1.43 bits per heavy atom. The third-order valence-corrected chi connectivity index (χ3v) is 3.89. The zero-order valence-corrected chi connectivity index (χ0v) is 12.9. The Morgan fingerprint density at radius 2 is 2.30 bits per heavy atom. The molecular formula is C14H18N6O3. The SMILES string of the molecule is COc1cccnc1NC(=O)N1C[C@@H](OC)[C@H](c2cn[nH]n2)C1. The number of hydrogen-bond acceptors (Lipinski definition) is 6. The number of urea groups is 1. The summed E-state index contributed by atoms with van der Waals surface area (Å²) < 4.78 is 10.7. The number of likely N-dealkylation sites (tertiary alicyclic amines) is 1. The van der Waals surface area contributed by atoms with E-state index in [0.29, 0.717) is 24.7 Å². The van der Waals surface area contributed by atoms with Crippen molar-refractivity contribution in [1.82, 2.24) is 25.3 Å². The van der Waals surface area contributed by atoms with E-state index in [-0.39, 0.29) is 18.1 Å². The van der Waals surface area contributed by atoms with Crippen LogP contribution in [0, 0.1) is 0 Å². The van der Waals surface area contributed by atoms with Crippen molar-refractivity contribution < 1.29 is 14.3 Å². The maximum atomic E-state index is 12.5. The van der Waals surface area contributed by atoms with Crippen LogP contribution in [0.3, 0.4) is 0 Å². The second-order valence-corrected chi connectivity index (χ2v) is 5.16. The number of rotatable bonds is 4. The number of methoxy groups -OCH3 is 2. The van der Waals surface area contributed by atoms with Crippen LogP contribution in [0.15, 0.2) is 24.5 Å². The van der Waals surface area contributed by atoms with E-state index in [4.69, 9.17) is 9.47 Å². The minimum Gasteiger partial charge on any atom is -0.493 e. The van der Waals surface area contributed by atoms with Crippen molar-refractivity contribution in [3.63, 3.8) is 0 Å². The number of aromatic amines is 1. The van der Waals surface area contributed by atoms with Crippen LogP contribution in [0.25, 0.3) is 0 Å². The maximum absolute atomic E-state index is 12.5. The third-order valence-electron chi connectivity index (χ3n) is 3.89. The predicted molar refractivity (Wildman–Crippen MR) is 81.3 cm³/mol. The summed E-state index contributed by atoms with van der Waals surface area (Å²) in [6, 6.07) is 3.23. The first-order valence-electron chi connectivity index (χ1n) is 7.16. The first kappa shape index (κ1) is 15.2. The van der Waals surface area contributed by atoms with E-state index < -0.39 is 0 Å². The van der Waals surface area contributed by atoms with Gasteiger partial charge in [-0.1, -0.05) is 0 Å². The standard InChI is InChI=1S/C14H18N6O3/c1-22-11-4-3-5-15-13(11)17-14(21)20-7-9(12(8-20)23-2)10-6-16-19-18-10/h3-6,9,12H,7-8H2,1-2H3,(H,15,17,21)(H,16,18,19)/t9-,12+/m0/s1. The van der Waals surface area contributed by atoms with Gasteiger partial charge in [0.15, 0.2) is 11.6 Å². The summed E-state index contributed by atoms with van der Waals surface area (Å²) in [7, 11) is 3.16. The number of nitrogens with one attached hydrogen (secondary N) is 2. The molecular weight excluding hydrogens is 300 g/mol. The molecule has 2 amide bonds. The molecule has 0 unspecified atom stereocenters. The van der Waals surface area contributed by atoms with Gasteiger partial charge in [0.1, 0.15) is 0 Å². The Hall–Kier alpha value is -2.68. The summed E-state index contributed by atoms with van der Waals surface area (Å²) in [6.45, 7) is 0.959. The van der Waals surface area contributed by atoms with Crippen LogP contribution in [0.5, 0.6) is 5.75 Å². The smallest absolute Gasteiger partial charge is 0.323 e. The van der Waals surface area contributed by atoms with Crippen LogP contribution in [0.4, 0.5) is 10.6 Å². The van der Waals surface area contributed by atoms with Crippen LogP contribution in [0.2, 0.25) is 0 Å². The summed E-state index contributed by atoms with van der Waals surface area (Å²) in [6.07, 6.45) is 3.12. The van der Waals surface area contributed by atoms with Gasteiger partial charge < -0.3 is 14.4 Å². The molecule has 2 atom stereocenters. The lowest BCUT2D eigenvalue weighted by Crippen LogP contribution is -2.34. The summed E-state index contributed by atoms with van der Waals surface area (Å²) >= 11 is 0. The molecule has 2 N–H and O–H groups in total. The van der Waals surface area contributed by atoms with E-state index in [2.05, 4.69) is 25.7 Å². The van der Waals surface area contributed by atoms with Crippen molar-refractivity contribution in [2.24, 2.45) is 0 Å². The fraction of sp³-hybridized carbons (Fsp3) is 0.429. The Bertz CT molecular complexity index is 662. The molecule has 0 aliphatic carbocycles. The molecule has 1 saturated heterocycles. The third kappa shape index (κ3) is 3.09. The van der Waals surface area contributed by atoms with Crippen LogP contribution < -0.4 is 10.1 Å². The molecule has 9 heteroatoms. The monoisotopic (exact) mass is 318 g/mol. The second kappa shape index (κ2) is 6.61. The largest absolute Gasteiger partial charge is 0.493 e. The number of nitrogens with zero attached hydrogens (tertiary/aromatic N) is 4. The number of carbonyl (C=O) groups excluding carboxylic acids is 1. The topological polar surface area (TPSA) is 105 Å². The number of ether oxygens (including phenoxy) is 2. The average Bonchev–Trinajstić information content (AvgIpc) is 3.24. The van der Waals surface area contributed by atoms with Crippen LogP contribution in [-0.4, -0.2) is 64.7 Å². The molecule has 0 aromatic carbocycles. The lowest BCUT2D eigenvalue weighted by atomic mass is 10.0. The van der Waals surface area contributed by atoms with Crippen LogP contribution >= 0.6 is 0 Å². The molecule has 2 aromatic rings. The number of aromatic nitrogens is 4. The first-order chi connectivity index (χ1) is 11.2. The molecule has 3 heterocycles. The van der Waals surface area contributed by atoms with Crippen LogP contribution in [0.1, 0.15) is 11.6 Å². The second-order valence-electron chi connectivity index (χ2n) is 5.16. The number of pyridine rings is 1. The molecule has 0 spiro atoms. The normalized spacial score (nSPS) is 20.5. The van der Waals surface area contributed by atoms with Gasteiger partial charge in [-0.25, -0.2) is 9.78 Å². The quantitative estimate of drug-likeness (QED) is 0.866. The zero-order chi connectivity index (χ0) is 16.2. The Labute approximate surface area is 133 Å².